The van der Waals surface area contributed by atoms with Crippen LogP contribution in [0.25, 0.3) is 0 Å². The van der Waals surface area contributed by atoms with E-state index < -0.39 is 0 Å². The maximum Gasteiger partial charge on any atom is 0.0793 e. The largest absolute Gasteiger partial charge is 0.377 e. The van der Waals surface area contributed by atoms with Crippen LogP contribution in [0.1, 0.15) is 24.2 Å². The van der Waals surface area contributed by atoms with Crippen LogP contribution in [0.5, 0.6) is 0 Å². The van der Waals surface area contributed by atoms with Gasteiger partial charge >= 0.3 is 0 Å². The molecule has 1 saturated heterocycles. The van der Waals surface area contributed by atoms with Crippen LogP contribution in [0.15, 0.2) is 24.3 Å². The average molecular weight is 248 g/mol. The van der Waals surface area contributed by atoms with Crippen molar-refractivity contribution in [1.29, 1.82) is 0 Å². The van der Waals surface area contributed by atoms with Crippen molar-refractivity contribution in [3.8, 4) is 0 Å². The molecule has 1 unspecified atom stereocenters. The van der Waals surface area contributed by atoms with Gasteiger partial charge in [-0.15, -0.1) is 0 Å². The zero-order valence-corrected chi connectivity index (χ0v) is 11.5. The molecule has 0 aliphatic carbocycles. The minimum Gasteiger partial charge on any atom is -0.377 e. The highest BCUT2D eigenvalue weighted by Gasteiger charge is 2.09. The molecule has 0 radical (unpaired) electrons. The molecule has 18 heavy (non-hydrogen) atoms. The second kappa shape index (κ2) is 6.88. The van der Waals surface area contributed by atoms with Gasteiger partial charge in [-0.3, -0.25) is 0 Å². The molecule has 2 rings (SSSR count). The minimum atomic E-state index is 0.184. The van der Waals surface area contributed by atoms with Gasteiger partial charge in [0.15, 0.2) is 0 Å². The number of nitrogens with one attached hydrogen (secondary N) is 1. The highest BCUT2D eigenvalue weighted by molar-refractivity contribution is 5.25. The second-order valence-corrected chi connectivity index (χ2v) is 4.96. The number of piperazine rings is 1. The standard InChI is InChI=1S/C15H24N2O/c1-13(18-2)15-5-3-4-14(12-15)6-9-17-10-7-16-8-11-17/h3-5,12-13,16H,6-11H2,1-2H3. The zero-order chi connectivity index (χ0) is 12.8. The molecule has 0 aromatic heterocycles. The number of methoxy groups -OCH3 is 1. The molecule has 1 aromatic rings. The van der Waals surface area contributed by atoms with Gasteiger partial charge in [0, 0.05) is 39.8 Å². The van der Waals surface area contributed by atoms with E-state index in [0.29, 0.717) is 0 Å². The smallest absolute Gasteiger partial charge is 0.0793 e. The van der Waals surface area contributed by atoms with Gasteiger partial charge in [-0.1, -0.05) is 24.3 Å². The van der Waals surface area contributed by atoms with Crippen molar-refractivity contribution in [2.75, 3.05) is 39.8 Å². The molecular formula is C15H24N2O. The van der Waals surface area contributed by atoms with Gasteiger partial charge in [0.05, 0.1) is 6.10 Å². The van der Waals surface area contributed by atoms with Gasteiger partial charge in [-0.05, 0) is 24.5 Å². The summed E-state index contributed by atoms with van der Waals surface area (Å²) in [5.41, 5.74) is 2.69. The van der Waals surface area contributed by atoms with Crippen molar-refractivity contribution in [1.82, 2.24) is 10.2 Å². The van der Waals surface area contributed by atoms with Crippen molar-refractivity contribution < 1.29 is 4.74 Å². The molecule has 1 aliphatic heterocycles. The average Bonchev–Trinajstić information content (AvgIpc) is 2.45. The lowest BCUT2D eigenvalue weighted by atomic mass is 10.0. The van der Waals surface area contributed by atoms with E-state index in [4.69, 9.17) is 4.74 Å². The molecule has 0 saturated carbocycles. The second-order valence-electron chi connectivity index (χ2n) is 4.96. The first-order valence-corrected chi connectivity index (χ1v) is 6.84. The summed E-state index contributed by atoms with van der Waals surface area (Å²) in [4.78, 5) is 2.53. The third-order valence-corrected chi connectivity index (χ3v) is 3.70. The fraction of sp³-hybridized carbons (Fsp3) is 0.600. The van der Waals surface area contributed by atoms with E-state index in [9.17, 15) is 0 Å². The van der Waals surface area contributed by atoms with Gasteiger partial charge in [-0.25, -0.2) is 0 Å². The number of nitrogens with zero attached hydrogens (tertiary/aromatic N) is 1. The molecule has 1 heterocycles. The molecule has 1 aromatic carbocycles. The number of benzene rings is 1. The summed E-state index contributed by atoms with van der Waals surface area (Å²) in [7, 11) is 1.76. The van der Waals surface area contributed by atoms with E-state index in [1.165, 1.54) is 24.2 Å². The summed E-state index contributed by atoms with van der Waals surface area (Å²) in [6.45, 7) is 7.85. The Hall–Kier alpha value is -0.900. The predicted molar refractivity (Wildman–Crippen MR) is 74.9 cm³/mol. The first kappa shape index (κ1) is 13.5. The first-order valence-electron chi connectivity index (χ1n) is 6.84. The Balaban J connectivity index is 1.88. The molecule has 3 nitrogen and oxygen atoms in total. The highest BCUT2D eigenvalue weighted by Crippen LogP contribution is 2.17. The number of rotatable bonds is 5. The maximum absolute atomic E-state index is 5.37. The molecule has 100 valence electrons. The van der Waals surface area contributed by atoms with Gasteiger partial charge in [0.2, 0.25) is 0 Å². The summed E-state index contributed by atoms with van der Waals surface area (Å²) in [6, 6.07) is 8.77. The van der Waals surface area contributed by atoms with Crippen LogP contribution in [0.2, 0.25) is 0 Å². The molecule has 1 N–H and O–H groups in total. The lowest BCUT2D eigenvalue weighted by Crippen LogP contribution is -2.44. The van der Waals surface area contributed by atoms with Crippen LogP contribution < -0.4 is 5.32 Å². The van der Waals surface area contributed by atoms with E-state index in [1.807, 2.05) is 0 Å². The van der Waals surface area contributed by atoms with Crippen LogP contribution in [0.4, 0.5) is 0 Å². The van der Waals surface area contributed by atoms with Gasteiger partial charge in [0.25, 0.3) is 0 Å². The Bertz CT molecular complexity index is 361. The molecule has 0 bridgehead atoms. The van der Waals surface area contributed by atoms with Crippen LogP contribution in [0.3, 0.4) is 0 Å². The van der Waals surface area contributed by atoms with E-state index in [2.05, 4.69) is 41.4 Å². The summed E-state index contributed by atoms with van der Waals surface area (Å²) < 4.78 is 5.37. The molecule has 1 atom stereocenters. The topological polar surface area (TPSA) is 24.5 Å². The predicted octanol–water partition coefficient (Wildman–Crippen LogP) is 1.84. The first-order chi connectivity index (χ1) is 8.79. The Morgan fingerprint density at radius 3 is 2.83 bits per heavy atom. The molecule has 3 heteroatoms. The molecule has 0 amide bonds. The number of ether oxygens (including phenoxy) is 1. The molecular weight excluding hydrogens is 224 g/mol. The Kier molecular flexibility index (Phi) is 5.17. The fourth-order valence-corrected chi connectivity index (χ4v) is 2.36. The monoisotopic (exact) mass is 248 g/mol. The molecule has 0 spiro atoms. The lowest BCUT2D eigenvalue weighted by Gasteiger charge is -2.27. The Labute approximate surface area is 110 Å². The Morgan fingerprint density at radius 1 is 1.33 bits per heavy atom. The van der Waals surface area contributed by atoms with E-state index in [1.54, 1.807) is 7.11 Å². The fourth-order valence-electron chi connectivity index (χ4n) is 2.36. The quantitative estimate of drug-likeness (QED) is 0.860. The summed E-state index contributed by atoms with van der Waals surface area (Å²) in [5, 5.41) is 3.39. The van der Waals surface area contributed by atoms with Crippen molar-refractivity contribution in [3.63, 3.8) is 0 Å². The number of hydrogen-bond donors (Lipinski definition) is 1. The minimum absolute atomic E-state index is 0.184. The molecule has 1 fully saturated rings. The van der Waals surface area contributed by atoms with E-state index in [-0.39, 0.29) is 6.10 Å². The lowest BCUT2D eigenvalue weighted by molar-refractivity contribution is 0.119. The summed E-state index contributed by atoms with van der Waals surface area (Å²) >= 11 is 0. The summed E-state index contributed by atoms with van der Waals surface area (Å²) in [5.74, 6) is 0. The van der Waals surface area contributed by atoms with Crippen molar-refractivity contribution in [2.45, 2.75) is 19.4 Å². The normalized spacial score (nSPS) is 18.8. The van der Waals surface area contributed by atoms with Crippen molar-refractivity contribution in [2.24, 2.45) is 0 Å². The van der Waals surface area contributed by atoms with Gasteiger partial charge in [-0.2, -0.15) is 0 Å². The SMILES string of the molecule is COC(C)c1cccc(CCN2CCNCC2)c1. The van der Waals surface area contributed by atoms with Gasteiger partial charge < -0.3 is 15.0 Å². The molecule has 1 aliphatic rings. The van der Waals surface area contributed by atoms with Crippen molar-refractivity contribution >= 4 is 0 Å². The van der Waals surface area contributed by atoms with Crippen molar-refractivity contribution in [3.05, 3.63) is 35.4 Å². The third-order valence-electron chi connectivity index (χ3n) is 3.70. The third kappa shape index (κ3) is 3.80. The van der Waals surface area contributed by atoms with Gasteiger partial charge in [0.1, 0.15) is 0 Å². The van der Waals surface area contributed by atoms with Crippen LogP contribution in [-0.4, -0.2) is 44.7 Å². The number of hydrogen-bond acceptors (Lipinski definition) is 3. The van der Waals surface area contributed by atoms with Crippen LogP contribution in [-0.2, 0) is 11.2 Å². The van der Waals surface area contributed by atoms with E-state index in [0.717, 1.165) is 26.1 Å². The zero-order valence-electron chi connectivity index (χ0n) is 11.5. The Morgan fingerprint density at radius 2 is 2.11 bits per heavy atom. The van der Waals surface area contributed by atoms with E-state index >= 15 is 0 Å². The maximum atomic E-state index is 5.37. The van der Waals surface area contributed by atoms with Crippen LogP contribution >= 0.6 is 0 Å². The summed E-state index contributed by atoms with van der Waals surface area (Å²) in [6.07, 6.45) is 1.31. The highest BCUT2D eigenvalue weighted by atomic mass is 16.5. The van der Waals surface area contributed by atoms with Crippen LogP contribution in [0, 0.1) is 0 Å².